The number of esters is 1. The second kappa shape index (κ2) is 7.31. The molecular formula is C17H26N3O4S+. The third kappa shape index (κ3) is 3.96. The van der Waals surface area contributed by atoms with Gasteiger partial charge in [-0.25, -0.2) is 9.59 Å². The molecule has 3 N–H and O–H groups in total. The summed E-state index contributed by atoms with van der Waals surface area (Å²) in [4.78, 5) is 27.9. The second-order valence-corrected chi connectivity index (χ2v) is 8.04. The Balaban J connectivity index is 1.88. The van der Waals surface area contributed by atoms with E-state index in [-0.39, 0.29) is 17.6 Å². The van der Waals surface area contributed by atoms with Crippen LogP contribution in [0.5, 0.6) is 0 Å². The summed E-state index contributed by atoms with van der Waals surface area (Å²) in [5, 5.41) is 5.70. The number of fused-ring (bicyclic) bond motifs is 1. The summed E-state index contributed by atoms with van der Waals surface area (Å²) in [6, 6.07) is -0.155. The van der Waals surface area contributed by atoms with Crippen molar-refractivity contribution < 1.29 is 24.4 Å². The highest BCUT2D eigenvalue weighted by Gasteiger charge is 2.34. The van der Waals surface area contributed by atoms with Gasteiger partial charge in [-0.1, -0.05) is 0 Å². The van der Waals surface area contributed by atoms with Crippen LogP contribution in [0.25, 0.3) is 0 Å². The minimum Gasteiger partial charge on any atom is -0.462 e. The van der Waals surface area contributed by atoms with Crippen LogP contribution in [-0.4, -0.2) is 55.3 Å². The molecule has 0 unspecified atom stereocenters. The van der Waals surface area contributed by atoms with Crippen molar-refractivity contribution in [3.63, 3.8) is 0 Å². The first-order chi connectivity index (χ1) is 11.9. The van der Waals surface area contributed by atoms with Gasteiger partial charge in [0.15, 0.2) is 0 Å². The molecule has 0 bridgehead atoms. The Morgan fingerprint density at radius 3 is 2.76 bits per heavy atom. The molecule has 0 saturated carbocycles. The first-order valence-corrected chi connectivity index (χ1v) is 9.56. The number of thiophene rings is 1. The second-order valence-electron chi connectivity index (χ2n) is 6.94. The Morgan fingerprint density at radius 1 is 1.36 bits per heavy atom. The lowest BCUT2D eigenvalue weighted by Crippen LogP contribution is -2.90. The quantitative estimate of drug-likeness (QED) is 0.785. The SMILES string of the molecule is CCOC(=O)c1c(NC(=O)N2CC[NH2+]CC2)sc2c1CC(C)(C)OC2. The highest BCUT2D eigenvalue weighted by Crippen LogP contribution is 2.40. The van der Waals surface area contributed by atoms with Gasteiger partial charge < -0.3 is 19.7 Å². The maximum Gasteiger partial charge on any atom is 0.341 e. The van der Waals surface area contributed by atoms with Crippen LogP contribution >= 0.6 is 11.3 Å². The summed E-state index contributed by atoms with van der Waals surface area (Å²) in [7, 11) is 0. The van der Waals surface area contributed by atoms with E-state index in [1.165, 1.54) is 11.3 Å². The monoisotopic (exact) mass is 368 g/mol. The molecule has 7 nitrogen and oxygen atoms in total. The number of carbonyl (C=O) groups is 2. The number of hydrogen-bond acceptors (Lipinski definition) is 5. The zero-order chi connectivity index (χ0) is 18.0. The molecule has 1 aromatic heterocycles. The van der Waals surface area contributed by atoms with Crippen LogP contribution in [0.1, 0.15) is 41.6 Å². The van der Waals surface area contributed by atoms with Crippen LogP contribution in [0.15, 0.2) is 0 Å². The van der Waals surface area contributed by atoms with Gasteiger partial charge in [-0.3, -0.25) is 5.32 Å². The van der Waals surface area contributed by atoms with Crippen molar-refractivity contribution in [1.29, 1.82) is 0 Å². The van der Waals surface area contributed by atoms with Crippen LogP contribution in [0, 0.1) is 0 Å². The van der Waals surface area contributed by atoms with Crippen molar-refractivity contribution in [3.05, 3.63) is 16.0 Å². The van der Waals surface area contributed by atoms with Gasteiger partial charge in [-0.2, -0.15) is 0 Å². The molecule has 25 heavy (non-hydrogen) atoms. The number of anilines is 1. The molecule has 0 aliphatic carbocycles. The molecule has 0 aromatic carbocycles. The van der Waals surface area contributed by atoms with E-state index < -0.39 is 0 Å². The molecule has 3 rings (SSSR count). The van der Waals surface area contributed by atoms with Crippen molar-refractivity contribution in [2.75, 3.05) is 38.1 Å². The van der Waals surface area contributed by atoms with Gasteiger partial charge in [0.25, 0.3) is 0 Å². The van der Waals surface area contributed by atoms with E-state index in [0.717, 1.165) is 23.5 Å². The van der Waals surface area contributed by atoms with Crippen LogP contribution in [0.2, 0.25) is 0 Å². The number of hydrogen-bond donors (Lipinski definition) is 2. The Bertz CT molecular complexity index is 665. The van der Waals surface area contributed by atoms with Gasteiger partial charge >= 0.3 is 12.0 Å². The maximum absolute atomic E-state index is 12.6. The standard InChI is InChI=1S/C17H25N3O4S/c1-4-23-15(21)13-11-9-17(2,3)24-10-12(11)25-14(13)19-16(22)20-7-5-18-6-8-20/h18H,4-10H2,1-3H3,(H,19,22)/p+1. The average Bonchev–Trinajstić information content (AvgIpc) is 2.91. The summed E-state index contributed by atoms with van der Waals surface area (Å²) in [5.41, 5.74) is 1.11. The van der Waals surface area contributed by atoms with Crippen molar-refractivity contribution in [2.24, 2.45) is 0 Å². The fraction of sp³-hybridized carbons (Fsp3) is 0.647. The zero-order valence-corrected chi connectivity index (χ0v) is 15.8. The fourth-order valence-corrected chi connectivity index (χ4v) is 4.30. The lowest BCUT2D eigenvalue weighted by molar-refractivity contribution is -0.661. The van der Waals surface area contributed by atoms with Crippen LogP contribution in [-0.2, 0) is 22.5 Å². The van der Waals surface area contributed by atoms with Crippen LogP contribution in [0.4, 0.5) is 9.80 Å². The summed E-state index contributed by atoms with van der Waals surface area (Å²) in [6.45, 7) is 9.78. The van der Waals surface area contributed by atoms with Crippen molar-refractivity contribution in [1.82, 2.24) is 4.90 Å². The van der Waals surface area contributed by atoms with E-state index in [2.05, 4.69) is 10.6 Å². The summed E-state index contributed by atoms with van der Waals surface area (Å²) < 4.78 is 11.1. The number of nitrogens with zero attached hydrogens (tertiary/aromatic N) is 1. The van der Waals surface area contributed by atoms with E-state index >= 15 is 0 Å². The fourth-order valence-electron chi connectivity index (χ4n) is 3.19. The Morgan fingerprint density at radius 2 is 2.08 bits per heavy atom. The normalized spacial score (nSPS) is 19.2. The highest BCUT2D eigenvalue weighted by atomic mass is 32.1. The number of nitrogens with two attached hydrogens (primary N) is 1. The molecular weight excluding hydrogens is 342 g/mol. The van der Waals surface area contributed by atoms with Gasteiger partial charge in [-0.15, -0.1) is 11.3 Å². The maximum atomic E-state index is 12.6. The van der Waals surface area contributed by atoms with Crippen LogP contribution < -0.4 is 10.6 Å². The van der Waals surface area contributed by atoms with Crippen molar-refractivity contribution in [2.45, 2.75) is 39.4 Å². The third-order valence-corrected chi connectivity index (χ3v) is 5.60. The van der Waals surface area contributed by atoms with Gasteiger partial charge in [0, 0.05) is 11.3 Å². The predicted molar refractivity (Wildman–Crippen MR) is 95.1 cm³/mol. The molecule has 2 amide bonds. The lowest BCUT2D eigenvalue weighted by atomic mass is 9.93. The third-order valence-electron chi connectivity index (χ3n) is 4.48. The van der Waals surface area contributed by atoms with Crippen molar-refractivity contribution in [3.8, 4) is 0 Å². The molecule has 1 aromatic rings. The zero-order valence-electron chi connectivity index (χ0n) is 15.0. The van der Waals surface area contributed by atoms with Crippen molar-refractivity contribution >= 4 is 28.3 Å². The molecule has 1 saturated heterocycles. The van der Waals surface area contributed by atoms with E-state index in [0.29, 0.717) is 43.3 Å². The smallest absolute Gasteiger partial charge is 0.341 e. The van der Waals surface area contributed by atoms with E-state index in [9.17, 15) is 9.59 Å². The number of piperazine rings is 1. The number of nitrogens with one attached hydrogen (secondary N) is 1. The Labute approximate surface area is 151 Å². The van der Waals surface area contributed by atoms with E-state index in [4.69, 9.17) is 9.47 Å². The number of ether oxygens (including phenoxy) is 2. The van der Waals surface area contributed by atoms with Crippen LogP contribution in [0.3, 0.4) is 0 Å². The van der Waals surface area contributed by atoms with Gasteiger partial charge in [0.2, 0.25) is 0 Å². The molecule has 138 valence electrons. The molecule has 0 atom stereocenters. The number of quaternary nitrogens is 1. The van der Waals surface area contributed by atoms with E-state index in [1.807, 2.05) is 13.8 Å². The average molecular weight is 368 g/mol. The van der Waals surface area contributed by atoms with E-state index in [1.54, 1.807) is 11.8 Å². The summed E-state index contributed by atoms with van der Waals surface area (Å²) >= 11 is 1.42. The Hall–Kier alpha value is -1.64. The van der Waals surface area contributed by atoms with Gasteiger partial charge in [0.1, 0.15) is 5.00 Å². The lowest BCUT2D eigenvalue weighted by Gasteiger charge is -2.30. The minimum absolute atomic E-state index is 0.155. The molecule has 0 spiro atoms. The first-order valence-electron chi connectivity index (χ1n) is 8.74. The number of carbonyl (C=O) groups excluding carboxylic acids is 2. The largest absolute Gasteiger partial charge is 0.462 e. The topological polar surface area (TPSA) is 84.5 Å². The molecule has 8 heteroatoms. The first kappa shape index (κ1) is 18.2. The molecule has 1 fully saturated rings. The number of rotatable bonds is 3. The van der Waals surface area contributed by atoms with Gasteiger partial charge in [-0.05, 0) is 26.3 Å². The highest BCUT2D eigenvalue weighted by molar-refractivity contribution is 7.17. The minimum atomic E-state index is -0.375. The Kier molecular flexibility index (Phi) is 5.31. The van der Waals surface area contributed by atoms with Gasteiger partial charge in [0.05, 0.1) is 50.6 Å². The molecule has 0 radical (unpaired) electrons. The molecule has 2 aliphatic rings. The summed E-state index contributed by atoms with van der Waals surface area (Å²) in [6.07, 6.45) is 0.627. The number of urea groups is 1. The predicted octanol–water partition coefficient (Wildman–Crippen LogP) is 1.19. The number of amides is 2. The molecule has 2 aliphatic heterocycles. The molecule has 3 heterocycles. The summed E-state index contributed by atoms with van der Waals surface area (Å²) in [5.74, 6) is -0.375.